The molecule has 0 aliphatic carbocycles. The Morgan fingerprint density at radius 1 is 1.18 bits per heavy atom. The van der Waals surface area contributed by atoms with Crippen LogP contribution < -0.4 is 15.5 Å². The summed E-state index contributed by atoms with van der Waals surface area (Å²) in [7, 11) is 0. The van der Waals surface area contributed by atoms with Gasteiger partial charge in [-0.3, -0.25) is 10.1 Å². The molecule has 5 rings (SSSR count). The Morgan fingerprint density at radius 2 is 2.04 bits per heavy atom. The van der Waals surface area contributed by atoms with Crippen molar-refractivity contribution >= 4 is 28.8 Å². The summed E-state index contributed by atoms with van der Waals surface area (Å²) in [5.74, 6) is -0.134. The summed E-state index contributed by atoms with van der Waals surface area (Å²) in [6.07, 6.45) is 4.25. The monoisotopic (exact) mass is 381 g/mol. The number of para-hydroxylation sites is 1. The van der Waals surface area contributed by atoms with Gasteiger partial charge in [0.05, 0.1) is 18.1 Å². The molecule has 2 saturated heterocycles. The van der Waals surface area contributed by atoms with Gasteiger partial charge in [-0.25, -0.2) is 23.8 Å². The number of imide groups is 1. The molecule has 142 valence electrons. The largest absolute Gasteiger partial charge is 0.353 e. The van der Waals surface area contributed by atoms with Crippen LogP contribution in [-0.2, 0) is 4.79 Å². The fourth-order valence-electron chi connectivity index (χ4n) is 3.94. The second-order valence-corrected chi connectivity index (χ2v) is 6.96. The number of nitrogens with one attached hydrogen (secondary N) is 2. The van der Waals surface area contributed by atoms with Crippen LogP contribution in [0, 0.1) is 5.82 Å². The average molecular weight is 381 g/mol. The maximum Gasteiger partial charge on any atom is 0.322 e. The molecule has 1 spiro atoms. The lowest BCUT2D eigenvalue weighted by Crippen LogP contribution is -2.58. The van der Waals surface area contributed by atoms with Crippen molar-refractivity contribution in [2.45, 2.75) is 18.4 Å². The number of nitrogens with zero attached hydrogens (tertiary/aromatic N) is 5. The van der Waals surface area contributed by atoms with E-state index in [1.807, 2.05) is 4.90 Å². The minimum Gasteiger partial charge on any atom is -0.353 e. The van der Waals surface area contributed by atoms with Gasteiger partial charge in [-0.2, -0.15) is 5.10 Å². The Labute approximate surface area is 158 Å². The number of anilines is 1. The third-order valence-electron chi connectivity index (χ3n) is 5.23. The first-order valence-electron chi connectivity index (χ1n) is 8.90. The van der Waals surface area contributed by atoms with Crippen molar-refractivity contribution in [1.82, 2.24) is 30.4 Å². The summed E-state index contributed by atoms with van der Waals surface area (Å²) in [4.78, 5) is 34.6. The first-order chi connectivity index (χ1) is 13.6. The number of rotatable bonds is 2. The molecule has 1 atom stereocenters. The topological polar surface area (TPSA) is 105 Å². The number of amides is 3. The van der Waals surface area contributed by atoms with Crippen molar-refractivity contribution < 1.29 is 14.0 Å². The van der Waals surface area contributed by atoms with Crippen molar-refractivity contribution in [3.8, 4) is 5.69 Å². The fourth-order valence-corrected chi connectivity index (χ4v) is 3.94. The van der Waals surface area contributed by atoms with Gasteiger partial charge in [0.1, 0.15) is 29.2 Å². The highest BCUT2D eigenvalue weighted by molar-refractivity contribution is 6.07. The zero-order chi connectivity index (χ0) is 19.3. The number of piperidine rings is 1. The van der Waals surface area contributed by atoms with Crippen molar-refractivity contribution in [3.63, 3.8) is 0 Å². The summed E-state index contributed by atoms with van der Waals surface area (Å²) >= 11 is 0. The maximum atomic E-state index is 14.2. The summed E-state index contributed by atoms with van der Waals surface area (Å²) in [6, 6.07) is 5.84. The van der Waals surface area contributed by atoms with E-state index in [1.54, 1.807) is 24.4 Å². The van der Waals surface area contributed by atoms with E-state index in [2.05, 4.69) is 25.7 Å². The van der Waals surface area contributed by atoms with E-state index < -0.39 is 17.4 Å². The number of halogens is 1. The van der Waals surface area contributed by atoms with Crippen LogP contribution in [0.5, 0.6) is 0 Å². The predicted molar refractivity (Wildman–Crippen MR) is 97.5 cm³/mol. The minimum absolute atomic E-state index is 0.291. The van der Waals surface area contributed by atoms with Gasteiger partial charge in [0, 0.05) is 6.54 Å². The number of fused-ring (bicyclic) bond motifs is 1. The first kappa shape index (κ1) is 16.6. The summed E-state index contributed by atoms with van der Waals surface area (Å²) in [6.45, 7) is 0.962. The van der Waals surface area contributed by atoms with Crippen molar-refractivity contribution in [2.24, 2.45) is 0 Å². The zero-order valence-electron chi connectivity index (χ0n) is 14.7. The highest BCUT2D eigenvalue weighted by atomic mass is 19.1. The molecule has 0 bridgehead atoms. The van der Waals surface area contributed by atoms with E-state index in [-0.39, 0.29) is 5.91 Å². The lowest BCUT2D eigenvalue weighted by atomic mass is 9.89. The summed E-state index contributed by atoms with van der Waals surface area (Å²) in [5.41, 5.74) is -0.206. The van der Waals surface area contributed by atoms with Gasteiger partial charge in [-0.05, 0) is 25.0 Å². The third-order valence-corrected chi connectivity index (χ3v) is 5.23. The standard InChI is InChI=1S/C18H16FN7O2/c19-12-4-1-2-5-13(12)26-15-11(8-22-26)14(20-10-21-15)25-7-3-6-18(9-25)16(27)23-17(28)24-18/h1-2,4-5,8,10H,3,6-7,9H2,(H2,23,24,27,28). The van der Waals surface area contributed by atoms with E-state index >= 15 is 0 Å². The molecule has 9 nitrogen and oxygen atoms in total. The second kappa shape index (κ2) is 5.98. The Balaban J connectivity index is 1.56. The molecular formula is C18H16FN7O2. The normalized spacial score (nSPS) is 22.0. The van der Waals surface area contributed by atoms with E-state index in [9.17, 15) is 14.0 Å². The Bertz CT molecular complexity index is 1110. The molecule has 10 heteroatoms. The number of aromatic nitrogens is 4. The molecule has 0 radical (unpaired) electrons. The molecular weight excluding hydrogens is 365 g/mol. The van der Waals surface area contributed by atoms with Crippen LogP contribution in [0.15, 0.2) is 36.8 Å². The SMILES string of the molecule is O=C1NC(=O)C2(CCCN(c3ncnc4c3cnn4-c3ccccc3F)C2)N1. The zero-order valence-corrected chi connectivity index (χ0v) is 14.7. The third kappa shape index (κ3) is 2.41. The minimum atomic E-state index is -0.964. The summed E-state index contributed by atoms with van der Waals surface area (Å²) < 4.78 is 15.6. The van der Waals surface area contributed by atoms with Gasteiger partial charge in [-0.1, -0.05) is 12.1 Å². The van der Waals surface area contributed by atoms with Crippen LogP contribution in [0.4, 0.5) is 15.0 Å². The molecule has 2 aromatic heterocycles. The number of carbonyl (C=O) groups excluding carboxylic acids is 2. The Hall–Kier alpha value is -3.56. The lowest BCUT2D eigenvalue weighted by molar-refractivity contribution is -0.124. The highest BCUT2D eigenvalue weighted by Crippen LogP contribution is 2.31. The smallest absolute Gasteiger partial charge is 0.322 e. The summed E-state index contributed by atoms with van der Waals surface area (Å²) in [5, 5.41) is 10.0. The second-order valence-electron chi connectivity index (χ2n) is 6.96. The van der Waals surface area contributed by atoms with Gasteiger partial charge >= 0.3 is 6.03 Å². The van der Waals surface area contributed by atoms with Crippen LogP contribution in [0.2, 0.25) is 0 Å². The van der Waals surface area contributed by atoms with Crippen LogP contribution in [0.3, 0.4) is 0 Å². The van der Waals surface area contributed by atoms with Crippen LogP contribution in [-0.4, -0.2) is 50.3 Å². The molecule has 4 heterocycles. The molecule has 2 fully saturated rings. The van der Waals surface area contributed by atoms with Gasteiger partial charge in [0.25, 0.3) is 5.91 Å². The van der Waals surface area contributed by atoms with Gasteiger partial charge in [-0.15, -0.1) is 0 Å². The molecule has 2 N–H and O–H groups in total. The highest BCUT2D eigenvalue weighted by Gasteiger charge is 2.49. The average Bonchev–Trinajstić information content (AvgIpc) is 3.23. The molecule has 1 aromatic carbocycles. The van der Waals surface area contributed by atoms with Crippen molar-refractivity contribution in [2.75, 3.05) is 18.0 Å². The number of carbonyl (C=O) groups is 2. The van der Waals surface area contributed by atoms with E-state index in [4.69, 9.17) is 0 Å². The number of hydrogen-bond acceptors (Lipinski definition) is 6. The molecule has 28 heavy (non-hydrogen) atoms. The van der Waals surface area contributed by atoms with Crippen LogP contribution >= 0.6 is 0 Å². The molecule has 2 aliphatic rings. The maximum absolute atomic E-state index is 14.2. The number of hydrogen-bond donors (Lipinski definition) is 2. The quantitative estimate of drug-likeness (QED) is 0.645. The molecule has 3 amide bonds. The molecule has 3 aromatic rings. The number of benzene rings is 1. The van der Waals surface area contributed by atoms with Gasteiger partial charge in [0.2, 0.25) is 0 Å². The van der Waals surface area contributed by atoms with Crippen molar-refractivity contribution in [3.05, 3.63) is 42.6 Å². The van der Waals surface area contributed by atoms with Crippen LogP contribution in [0.25, 0.3) is 16.7 Å². The Morgan fingerprint density at radius 3 is 2.82 bits per heavy atom. The molecule has 1 unspecified atom stereocenters. The van der Waals surface area contributed by atoms with Crippen LogP contribution in [0.1, 0.15) is 12.8 Å². The first-order valence-corrected chi connectivity index (χ1v) is 8.90. The van der Waals surface area contributed by atoms with Crippen molar-refractivity contribution in [1.29, 1.82) is 0 Å². The van der Waals surface area contributed by atoms with Gasteiger partial charge < -0.3 is 10.2 Å². The lowest BCUT2D eigenvalue weighted by Gasteiger charge is -2.38. The van der Waals surface area contributed by atoms with Gasteiger partial charge in [0.15, 0.2) is 5.65 Å². The van der Waals surface area contributed by atoms with E-state index in [0.29, 0.717) is 48.5 Å². The molecule has 0 saturated carbocycles. The fraction of sp³-hybridized carbons (Fsp3) is 0.278. The van der Waals surface area contributed by atoms with E-state index in [0.717, 1.165) is 0 Å². The predicted octanol–water partition coefficient (Wildman–Crippen LogP) is 1.13. The molecule has 2 aliphatic heterocycles. The van der Waals surface area contributed by atoms with E-state index in [1.165, 1.54) is 17.1 Å². The Kier molecular flexibility index (Phi) is 3.54. The number of urea groups is 1.